The van der Waals surface area contributed by atoms with E-state index in [-0.39, 0.29) is 16.5 Å². The molecule has 7 heteroatoms. The van der Waals surface area contributed by atoms with Gasteiger partial charge < -0.3 is 5.32 Å². The Morgan fingerprint density at radius 1 is 1.24 bits per heavy atom. The van der Waals surface area contributed by atoms with Crippen LogP contribution in [0.3, 0.4) is 0 Å². The van der Waals surface area contributed by atoms with E-state index in [9.17, 15) is 14.0 Å². The number of hydrogen-bond acceptors (Lipinski definition) is 2. The van der Waals surface area contributed by atoms with Gasteiger partial charge in [0.05, 0.1) is 10.6 Å². The number of para-hydroxylation sites is 1. The van der Waals surface area contributed by atoms with E-state index in [4.69, 9.17) is 11.6 Å². The van der Waals surface area contributed by atoms with Gasteiger partial charge in [0, 0.05) is 10.2 Å². The third-order valence-electron chi connectivity index (χ3n) is 3.65. The van der Waals surface area contributed by atoms with Crippen LogP contribution >= 0.6 is 27.5 Å². The first-order chi connectivity index (χ1) is 11.7. The summed E-state index contributed by atoms with van der Waals surface area (Å²) in [6.45, 7) is 5.86. The number of amides is 3. The molecule has 0 unspecified atom stereocenters. The Labute approximate surface area is 158 Å². The smallest absolute Gasteiger partial charge is 0.307 e. The van der Waals surface area contributed by atoms with Gasteiger partial charge >= 0.3 is 6.03 Å². The average molecular weight is 428 g/mol. The Balaban J connectivity index is 2.19. The molecule has 132 valence electrons. The lowest BCUT2D eigenvalue weighted by Gasteiger charge is -2.16. The number of rotatable bonds is 3. The summed E-state index contributed by atoms with van der Waals surface area (Å²) in [5.74, 6) is -1.46. The largest absolute Gasteiger partial charge is 0.326 e. The summed E-state index contributed by atoms with van der Waals surface area (Å²) in [6.07, 6.45) is 0. The van der Waals surface area contributed by atoms with E-state index in [1.54, 1.807) is 0 Å². The first kappa shape index (κ1) is 19.4. The summed E-state index contributed by atoms with van der Waals surface area (Å²) >= 11 is 8.95. The fourth-order valence-corrected chi connectivity index (χ4v) is 2.83. The molecule has 25 heavy (non-hydrogen) atoms. The van der Waals surface area contributed by atoms with Crippen molar-refractivity contribution in [2.75, 3.05) is 5.32 Å². The molecule has 0 heterocycles. The van der Waals surface area contributed by atoms with Gasteiger partial charge in [0.1, 0.15) is 5.82 Å². The maximum absolute atomic E-state index is 13.9. The molecule has 0 bridgehead atoms. The number of anilines is 1. The number of carbonyl (C=O) groups excluding carboxylic acids is 2. The topological polar surface area (TPSA) is 58.2 Å². The van der Waals surface area contributed by atoms with Gasteiger partial charge in [-0.15, -0.1) is 0 Å². The van der Waals surface area contributed by atoms with Crippen molar-refractivity contribution in [1.29, 1.82) is 0 Å². The lowest BCUT2D eigenvalue weighted by atomic mass is 9.98. The highest BCUT2D eigenvalue weighted by atomic mass is 79.9. The van der Waals surface area contributed by atoms with Gasteiger partial charge in [-0.3, -0.25) is 10.1 Å². The molecule has 0 spiro atoms. The van der Waals surface area contributed by atoms with Crippen molar-refractivity contribution in [2.24, 2.45) is 0 Å². The molecule has 4 nitrogen and oxygen atoms in total. The third kappa shape index (κ3) is 4.58. The van der Waals surface area contributed by atoms with E-state index in [0.29, 0.717) is 10.2 Å². The lowest BCUT2D eigenvalue weighted by molar-refractivity contribution is 0.0963. The van der Waals surface area contributed by atoms with Crippen LogP contribution in [-0.4, -0.2) is 11.9 Å². The maximum Gasteiger partial charge on any atom is 0.326 e. The number of carbonyl (C=O) groups is 2. The molecule has 3 amide bonds. The number of imide groups is 1. The van der Waals surface area contributed by atoms with E-state index in [1.165, 1.54) is 0 Å². The average Bonchev–Trinajstić information content (AvgIpc) is 2.52. The third-order valence-corrected chi connectivity index (χ3v) is 4.84. The number of halogens is 3. The zero-order chi connectivity index (χ0) is 18.7. The molecule has 2 aromatic carbocycles. The van der Waals surface area contributed by atoms with Gasteiger partial charge in [-0.05, 0) is 52.0 Å². The minimum absolute atomic E-state index is 0.174. The van der Waals surface area contributed by atoms with Gasteiger partial charge in [-0.2, -0.15) is 0 Å². The number of nitrogens with one attached hydrogen (secondary N) is 2. The van der Waals surface area contributed by atoms with Crippen molar-refractivity contribution in [2.45, 2.75) is 26.7 Å². The first-order valence-electron chi connectivity index (χ1n) is 7.57. The molecule has 0 aromatic heterocycles. The number of benzene rings is 2. The van der Waals surface area contributed by atoms with Gasteiger partial charge in [-0.1, -0.05) is 43.6 Å². The molecule has 0 fully saturated rings. The second-order valence-corrected chi connectivity index (χ2v) is 7.11. The van der Waals surface area contributed by atoms with Crippen LogP contribution in [0.4, 0.5) is 14.9 Å². The van der Waals surface area contributed by atoms with Crippen molar-refractivity contribution < 1.29 is 14.0 Å². The summed E-state index contributed by atoms with van der Waals surface area (Å²) in [5, 5.41) is 4.97. The minimum atomic E-state index is -0.871. The Kier molecular flexibility index (Phi) is 6.19. The predicted molar refractivity (Wildman–Crippen MR) is 101 cm³/mol. The van der Waals surface area contributed by atoms with E-state index < -0.39 is 17.8 Å². The van der Waals surface area contributed by atoms with Crippen molar-refractivity contribution in [1.82, 2.24) is 5.32 Å². The van der Waals surface area contributed by atoms with Crippen LogP contribution in [0.2, 0.25) is 5.02 Å². The van der Waals surface area contributed by atoms with Crippen LogP contribution in [0.1, 0.15) is 41.3 Å². The molecule has 0 aliphatic heterocycles. The molecule has 0 radical (unpaired) electrons. The van der Waals surface area contributed by atoms with Crippen LogP contribution in [0.5, 0.6) is 0 Å². The molecule has 0 aliphatic carbocycles. The SMILES string of the molecule is Cc1cccc(C(C)C)c1NC(=O)NC(=O)c1cc(Cl)c(Br)cc1F. The first-order valence-corrected chi connectivity index (χ1v) is 8.74. The van der Waals surface area contributed by atoms with Crippen molar-refractivity contribution >= 4 is 45.2 Å². The monoisotopic (exact) mass is 426 g/mol. The minimum Gasteiger partial charge on any atom is -0.307 e. The summed E-state index contributed by atoms with van der Waals surface area (Å²) in [7, 11) is 0. The van der Waals surface area contributed by atoms with E-state index in [2.05, 4.69) is 26.6 Å². The van der Waals surface area contributed by atoms with E-state index >= 15 is 0 Å². The molecule has 0 atom stereocenters. The second kappa shape index (κ2) is 7.97. The van der Waals surface area contributed by atoms with Crippen LogP contribution in [0.25, 0.3) is 0 Å². The van der Waals surface area contributed by atoms with Crippen LogP contribution in [0.15, 0.2) is 34.8 Å². The molecule has 2 rings (SSSR count). The molecule has 0 aliphatic rings. The molecule has 2 N–H and O–H groups in total. The molecular formula is C18H17BrClFN2O2. The van der Waals surface area contributed by atoms with Crippen LogP contribution < -0.4 is 10.6 Å². The fourth-order valence-electron chi connectivity index (χ4n) is 2.35. The number of hydrogen-bond donors (Lipinski definition) is 2. The lowest BCUT2D eigenvalue weighted by Crippen LogP contribution is -2.35. The summed E-state index contributed by atoms with van der Waals surface area (Å²) in [4.78, 5) is 24.3. The van der Waals surface area contributed by atoms with Gasteiger partial charge in [0.2, 0.25) is 0 Å². The molecule has 0 saturated heterocycles. The molecular weight excluding hydrogens is 411 g/mol. The number of aryl methyl sites for hydroxylation is 1. The Morgan fingerprint density at radius 2 is 1.92 bits per heavy atom. The van der Waals surface area contributed by atoms with Crippen LogP contribution in [0, 0.1) is 12.7 Å². The van der Waals surface area contributed by atoms with Crippen molar-refractivity contribution in [3.8, 4) is 0 Å². The summed E-state index contributed by atoms with van der Waals surface area (Å²) in [5.41, 5.74) is 2.14. The fraction of sp³-hybridized carbons (Fsp3) is 0.222. The van der Waals surface area contributed by atoms with Crippen molar-refractivity contribution in [3.05, 3.63) is 62.3 Å². The van der Waals surface area contributed by atoms with Crippen molar-refractivity contribution in [3.63, 3.8) is 0 Å². The highest BCUT2D eigenvalue weighted by molar-refractivity contribution is 9.10. The normalized spacial score (nSPS) is 10.7. The predicted octanol–water partition coefficient (Wildman–Crippen LogP) is 5.64. The Bertz CT molecular complexity index is 840. The summed E-state index contributed by atoms with van der Waals surface area (Å²) in [6, 6.07) is 7.17. The standard InChI is InChI=1S/C18H17BrClFN2O2/c1-9(2)11-6-4-5-10(3)16(11)22-18(25)23-17(24)12-7-14(20)13(19)8-15(12)21/h4-9H,1-3H3,(H2,22,23,24,25). The highest BCUT2D eigenvalue weighted by Gasteiger charge is 2.18. The Morgan fingerprint density at radius 3 is 2.56 bits per heavy atom. The van der Waals surface area contributed by atoms with Gasteiger partial charge in [0.15, 0.2) is 0 Å². The van der Waals surface area contributed by atoms with Crippen LogP contribution in [-0.2, 0) is 0 Å². The summed E-state index contributed by atoms with van der Waals surface area (Å²) < 4.78 is 14.2. The van der Waals surface area contributed by atoms with E-state index in [0.717, 1.165) is 23.3 Å². The number of urea groups is 1. The molecule has 0 saturated carbocycles. The van der Waals surface area contributed by atoms with Gasteiger partial charge in [-0.25, -0.2) is 9.18 Å². The second-order valence-electron chi connectivity index (χ2n) is 5.85. The maximum atomic E-state index is 13.9. The zero-order valence-corrected chi connectivity index (χ0v) is 16.3. The zero-order valence-electron chi connectivity index (χ0n) is 13.9. The Hall–Kier alpha value is -1.92. The quantitative estimate of drug-likeness (QED) is 0.623. The molecule has 2 aromatic rings. The highest BCUT2D eigenvalue weighted by Crippen LogP contribution is 2.28. The van der Waals surface area contributed by atoms with E-state index in [1.807, 2.05) is 39.0 Å². The van der Waals surface area contributed by atoms with Gasteiger partial charge in [0.25, 0.3) is 5.91 Å².